The van der Waals surface area contributed by atoms with Crippen molar-refractivity contribution in [2.24, 2.45) is 4.99 Å². The SMILES string of the molecule is CCOC(=O)C1=C(C)N=c2sc(=C3C(=O)N(CC)c4ccccc43)c(=O)n2C1c1cccs1. The fourth-order valence-corrected chi connectivity index (χ4v) is 6.33. The Balaban J connectivity index is 1.82. The molecule has 0 radical (unpaired) electrons. The predicted octanol–water partition coefficient (Wildman–Crippen LogP) is 2.60. The lowest BCUT2D eigenvalue weighted by Gasteiger charge is -2.23. The van der Waals surface area contributed by atoms with Crippen LogP contribution in [-0.4, -0.2) is 29.6 Å². The lowest BCUT2D eigenvalue weighted by atomic mass is 10.0. The maximum absolute atomic E-state index is 13.8. The fourth-order valence-electron chi connectivity index (χ4n) is 4.37. The number of esters is 1. The molecule has 2 aliphatic heterocycles. The van der Waals surface area contributed by atoms with E-state index in [1.807, 2.05) is 48.7 Å². The van der Waals surface area contributed by atoms with Crippen LogP contribution in [0, 0.1) is 0 Å². The minimum atomic E-state index is -0.649. The zero-order chi connectivity index (χ0) is 23.3. The minimum Gasteiger partial charge on any atom is -0.463 e. The second kappa shape index (κ2) is 8.24. The van der Waals surface area contributed by atoms with Crippen LogP contribution >= 0.6 is 22.7 Å². The molecule has 5 rings (SSSR count). The fraction of sp³-hybridized carbons (Fsp3) is 0.250. The van der Waals surface area contributed by atoms with Gasteiger partial charge in [-0.2, -0.15) is 0 Å². The molecule has 1 unspecified atom stereocenters. The van der Waals surface area contributed by atoms with Crippen molar-refractivity contribution in [2.45, 2.75) is 26.8 Å². The molecule has 2 aromatic heterocycles. The van der Waals surface area contributed by atoms with Crippen molar-refractivity contribution in [3.8, 4) is 0 Å². The van der Waals surface area contributed by atoms with Crippen LogP contribution in [-0.2, 0) is 14.3 Å². The third kappa shape index (κ3) is 3.22. The normalized spacial score (nSPS) is 18.8. The van der Waals surface area contributed by atoms with Gasteiger partial charge in [-0.25, -0.2) is 9.79 Å². The van der Waals surface area contributed by atoms with Crippen molar-refractivity contribution in [3.63, 3.8) is 0 Å². The van der Waals surface area contributed by atoms with Gasteiger partial charge in [0.25, 0.3) is 11.5 Å². The molecule has 0 saturated heterocycles. The maximum Gasteiger partial charge on any atom is 0.338 e. The Hall–Kier alpha value is -3.30. The van der Waals surface area contributed by atoms with Crippen LogP contribution < -0.4 is 19.8 Å². The summed E-state index contributed by atoms with van der Waals surface area (Å²) in [4.78, 5) is 47.6. The highest BCUT2D eigenvalue weighted by Gasteiger charge is 2.37. The van der Waals surface area contributed by atoms with Crippen molar-refractivity contribution in [1.82, 2.24) is 4.57 Å². The molecule has 2 aliphatic rings. The van der Waals surface area contributed by atoms with Gasteiger partial charge in [-0.1, -0.05) is 35.6 Å². The predicted molar refractivity (Wildman–Crippen MR) is 128 cm³/mol. The number of hydrogen-bond donors (Lipinski definition) is 0. The summed E-state index contributed by atoms with van der Waals surface area (Å²) >= 11 is 2.65. The number of benzene rings is 1. The molecule has 0 saturated carbocycles. The molecule has 0 bridgehead atoms. The number of carbonyl (C=O) groups is 2. The number of fused-ring (bicyclic) bond motifs is 2. The number of thiazole rings is 1. The van der Waals surface area contributed by atoms with E-state index in [-0.39, 0.29) is 18.1 Å². The van der Waals surface area contributed by atoms with Crippen LogP contribution in [0.3, 0.4) is 0 Å². The van der Waals surface area contributed by atoms with Gasteiger partial charge in [0.15, 0.2) is 4.80 Å². The van der Waals surface area contributed by atoms with Gasteiger partial charge in [-0.05, 0) is 38.3 Å². The lowest BCUT2D eigenvalue weighted by molar-refractivity contribution is -0.139. The number of aromatic nitrogens is 1. The second-order valence-electron chi connectivity index (χ2n) is 7.58. The molecule has 1 amide bonds. The molecular weight excluding hydrogens is 458 g/mol. The van der Waals surface area contributed by atoms with Crippen molar-refractivity contribution >= 4 is 45.8 Å². The lowest BCUT2D eigenvalue weighted by Crippen LogP contribution is -2.40. The zero-order valence-corrected chi connectivity index (χ0v) is 20.0. The van der Waals surface area contributed by atoms with Gasteiger partial charge in [-0.15, -0.1) is 11.3 Å². The Morgan fingerprint density at radius 2 is 1.94 bits per heavy atom. The smallest absolute Gasteiger partial charge is 0.338 e. The van der Waals surface area contributed by atoms with Crippen LogP contribution in [0.25, 0.3) is 5.57 Å². The topological polar surface area (TPSA) is 81.0 Å². The third-order valence-corrected chi connectivity index (χ3v) is 7.75. The summed E-state index contributed by atoms with van der Waals surface area (Å²) in [7, 11) is 0. The van der Waals surface area contributed by atoms with Crippen LogP contribution in [0.2, 0.25) is 0 Å². The molecule has 7 nitrogen and oxygen atoms in total. The number of thiophene rings is 1. The highest BCUT2D eigenvalue weighted by atomic mass is 32.1. The zero-order valence-electron chi connectivity index (χ0n) is 18.3. The highest BCUT2D eigenvalue weighted by molar-refractivity contribution is 7.10. The van der Waals surface area contributed by atoms with E-state index >= 15 is 0 Å². The number of rotatable bonds is 4. The van der Waals surface area contributed by atoms with E-state index < -0.39 is 12.0 Å². The molecule has 33 heavy (non-hydrogen) atoms. The van der Waals surface area contributed by atoms with E-state index in [2.05, 4.69) is 4.99 Å². The van der Waals surface area contributed by atoms with Crippen LogP contribution in [0.4, 0.5) is 5.69 Å². The quantitative estimate of drug-likeness (QED) is 0.539. The van der Waals surface area contributed by atoms with Gasteiger partial charge >= 0.3 is 5.97 Å². The minimum absolute atomic E-state index is 0.196. The van der Waals surface area contributed by atoms with E-state index in [0.717, 1.165) is 16.1 Å². The summed E-state index contributed by atoms with van der Waals surface area (Å²) in [5.74, 6) is -0.687. The molecule has 168 valence electrons. The first-order valence-corrected chi connectivity index (χ1v) is 12.3. The monoisotopic (exact) mass is 479 g/mol. The molecule has 0 fully saturated rings. The van der Waals surface area contributed by atoms with E-state index in [4.69, 9.17) is 4.74 Å². The molecule has 3 aromatic rings. The summed E-state index contributed by atoms with van der Waals surface area (Å²) in [5.41, 5.74) is 2.45. The summed E-state index contributed by atoms with van der Waals surface area (Å²) in [6.45, 7) is 6.13. The molecule has 1 atom stereocenters. The number of hydrogen-bond acceptors (Lipinski definition) is 7. The van der Waals surface area contributed by atoms with Crippen molar-refractivity contribution in [1.29, 1.82) is 0 Å². The number of carbonyl (C=O) groups excluding carboxylic acids is 2. The van der Waals surface area contributed by atoms with Gasteiger partial charge in [0.2, 0.25) is 0 Å². The van der Waals surface area contributed by atoms with E-state index in [1.165, 1.54) is 27.2 Å². The molecule has 1 aromatic carbocycles. The first kappa shape index (κ1) is 21.5. The number of para-hydroxylation sites is 1. The van der Waals surface area contributed by atoms with E-state index in [0.29, 0.717) is 32.7 Å². The number of nitrogens with zero attached hydrogens (tertiary/aromatic N) is 3. The van der Waals surface area contributed by atoms with Gasteiger partial charge in [0.1, 0.15) is 10.6 Å². The van der Waals surface area contributed by atoms with Crippen molar-refractivity contribution < 1.29 is 14.3 Å². The van der Waals surface area contributed by atoms with E-state index in [1.54, 1.807) is 18.7 Å². The Bertz CT molecular complexity index is 1490. The van der Waals surface area contributed by atoms with Gasteiger partial charge in [-0.3, -0.25) is 14.2 Å². The average molecular weight is 480 g/mol. The Labute approximate surface area is 197 Å². The first-order chi connectivity index (χ1) is 16.0. The summed E-state index contributed by atoms with van der Waals surface area (Å²) in [6, 6.07) is 10.6. The Kier molecular flexibility index (Phi) is 5.38. The third-order valence-electron chi connectivity index (χ3n) is 5.77. The molecule has 0 spiro atoms. The summed E-state index contributed by atoms with van der Waals surface area (Å²) in [6.07, 6.45) is 0. The Morgan fingerprint density at radius 1 is 1.15 bits per heavy atom. The van der Waals surface area contributed by atoms with Gasteiger partial charge in [0.05, 0.1) is 29.1 Å². The molecular formula is C24H21N3O4S2. The average Bonchev–Trinajstić information content (AvgIpc) is 3.50. The number of amides is 1. The number of anilines is 1. The Morgan fingerprint density at radius 3 is 2.64 bits per heavy atom. The van der Waals surface area contributed by atoms with Crippen LogP contribution in [0.15, 0.2) is 62.8 Å². The maximum atomic E-state index is 13.8. The molecule has 4 heterocycles. The number of likely N-dealkylation sites (N-methyl/N-ethyl adjacent to an activating group) is 1. The molecule has 0 aliphatic carbocycles. The molecule has 0 N–H and O–H groups in total. The number of allylic oxidation sites excluding steroid dienone is 1. The van der Waals surface area contributed by atoms with Crippen LogP contribution in [0.5, 0.6) is 0 Å². The summed E-state index contributed by atoms with van der Waals surface area (Å²) in [5, 5.41) is 1.90. The van der Waals surface area contributed by atoms with Crippen LogP contribution in [0.1, 0.15) is 37.3 Å². The van der Waals surface area contributed by atoms with Gasteiger partial charge in [0, 0.05) is 17.0 Å². The second-order valence-corrected chi connectivity index (χ2v) is 9.54. The highest BCUT2D eigenvalue weighted by Crippen LogP contribution is 2.36. The van der Waals surface area contributed by atoms with Gasteiger partial charge < -0.3 is 9.64 Å². The standard InChI is InChI=1S/C24H21N3O4S2/c1-4-26-15-10-7-6-9-14(15)18(21(26)28)20-22(29)27-19(16-11-8-12-32-16)17(23(30)31-5-2)13(3)25-24(27)33-20/h6-12,19H,4-5H2,1-3H3. The summed E-state index contributed by atoms with van der Waals surface area (Å²) < 4.78 is 7.17. The largest absolute Gasteiger partial charge is 0.463 e. The van der Waals surface area contributed by atoms with Crippen molar-refractivity contribution in [2.75, 3.05) is 18.1 Å². The van der Waals surface area contributed by atoms with E-state index in [9.17, 15) is 14.4 Å². The number of ether oxygens (including phenoxy) is 1. The molecule has 9 heteroatoms. The first-order valence-electron chi connectivity index (χ1n) is 10.6. The van der Waals surface area contributed by atoms with Crippen molar-refractivity contribution in [3.05, 3.63) is 83.2 Å².